The number of rotatable bonds is 7. The maximum atomic E-state index is 12.1. The van der Waals surface area contributed by atoms with Gasteiger partial charge in [0, 0.05) is 12.6 Å². The highest BCUT2D eigenvalue weighted by Gasteiger charge is 2.27. The number of aliphatic hydroxyl groups is 1. The first-order chi connectivity index (χ1) is 10.8. The molecule has 2 aromatic rings. The van der Waals surface area contributed by atoms with Crippen molar-refractivity contribution in [2.45, 2.75) is 39.0 Å². The Morgan fingerprint density at radius 1 is 1.22 bits per heavy atom. The third-order valence-electron chi connectivity index (χ3n) is 3.63. The summed E-state index contributed by atoms with van der Waals surface area (Å²) in [4.78, 5) is 0. The van der Waals surface area contributed by atoms with Gasteiger partial charge in [0.1, 0.15) is 22.9 Å². The Kier molecular flexibility index (Phi) is 5.38. The minimum atomic E-state index is -2.83. The van der Waals surface area contributed by atoms with Gasteiger partial charge in [-0.3, -0.25) is 0 Å². The largest absolute Gasteiger partial charge is 0.463 e. The van der Waals surface area contributed by atoms with Crippen molar-refractivity contribution in [1.82, 2.24) is 5.32 Å². The SMILES string of the molecule is Cc1ccc(C(C)(O)CNC(C)c2ccc(OC(F)F)cc2)o1. The zero-order valence-corrected chi connectivity index (χ0v) is 13.3. The van der Waals surface area contributed by atoms with Gasteiger partial charge in [0.15, 0.2) is 0 Å². The first kappa shape index (κ1) is 17.4. The first-order valence-corrected chi connectivity index (χ1v) is 7.35. The van der Waals surface area contributed by atoms with Crippen LogP contribution in [0.5, 0.6) is 5.75 Å². The summed E-state index contributed by atoms with van der Waals surface area (Å²) in [5, 5.41) is 13.7. The van der Waals surface area contributed by atoms with Gasteiger partial charge in [0.2, 0.25) is 0 Å². The normalized spacial score (nSPS) is 15.4. The number of nitrogens with one attached hydrogen (secondary N) is 1. The fraction of sp³-hybridized carbons (Fsp3) is 0.412. The van der Waals surface area contributed by atoms with Crippen LogP contribution in [0, 0.1) is 6.92 Å². The van der Waals surface area contributed by atoms with E-state index in [-0.39, 0.29) is 18.3 Å². The van der Waals surface area contributed by atoms with E-state index in [9.17, 15) is 13.9 Å². The lowest BCUT2D eigenvalue weighted by Crippen LogP contribution is -2.36. The van der Waals surface area contributed by atoms with E-state index in [0.29, 0.717) is 5.76 Å². The molecule has 2 rings (SSSR count). The van der Waals surface area contributed by atoms with Crippen molar-refractivity contribution in [3.8, 4) is 5.75 Å². The predicted molar refractivity (Wildman–Crippen MR) is 82.5 cm³/mol. The molecule has 0 radical (unpaired) electrons. The highest BCUT2D eigenvalue weighted by atomic mass is 19.3. The summed E-state index contributed by atoms with van der Waals surface area (Å²) in [6, 6.07) is 9.88. The predicted octanol–water partition coefficient (Wildman–Crippen LogP) is 3.75. The van der Waals surface area contributed by atoms with Crippen LogP contribution in [-0.4, -0.2) is 18.3 Å². The van der Waals surface area contributed by atoms with Gasteiger partial charge in [-0.25, -0.2) is 0 Å². The standard InChI is InChI=1S/C17H21F2NO3/c1-11-4-9-15(22-11)17(3,21)10-20-12(2)13-5-7-14(8-6-13)23-16(18)19/h4-9,12,16,20-21H,10H2,1-3H3. The number of furan rings is 1. The maximum absolute atomic E-state index is 12.1. The summed E-state index contributed by atoms with van der Waals surface area (Å²) in [5.74, 6) is 1.35. The van der Waals surface area contributed by atoms with Crippen molar-refractivity contribution in [2.75, 3.05) is 6.54 Å². The van der Waals surface area contributed by atoms with Crippen LogP contribution in [0.4, 0.5) is 8.78 Å². The Hall–Kier alpha value is -1.92. The van der Waals surface area contributed by atoms with Crippen molar-refractivity contribution >= 4 is 0 Å². The second-order valence-electron chi connectivity index (χ2n) is 5.73. The molecule has 2 unspecified atom stereocenters. The molecule has 4 nitrogen and oxygen atoms in total. The molecule has 0 saturated heterocycles. The van der Waals surface area contributed by atoms with E-state index < -0.39 is 12.2 Å². The van der Waals surface area contributed by atoms with E-state index in [1.54, 1.807) is 31.2 Å². The Balaban J connectivity index is 1.95. The molecule has 0 aliphatic heterocycles. The molecule has 1 heterocycles. The van der Waals surface area contributed by atoms with Crippen LogP contribution < -0.4 is 10.1 Å². The molecule has 1 aromatic heterocycles. The molecule has 2 N–H and O–H groups in total. The number of hydrogen-bond acceptors (Lipinski definition) is 4. The van der Waals surface area contributed by atoms with Gasteiger partial charge < -0.3 is 19.6 Å². The van der Waals surface area contributed by atoms with Crippen molar-refractivity contribution in [3.05, 3.63) is 53.5 Å². The Bertz CT molecular complexity index is 623. The van der Waals surface area contributed by atoms with Gasteiger partial charge in [-0.2, -0.15) is 8.78 Å². The molecule has 0 aliphatic rings. The average molecular weight is 325 g/mol. The molecule has 0 bridgehead atoms. The summed E-state index contributed by atoms with van der Waals surface area (Å²) in [7, 11) is 0. The fourth-order valence-corrected chi connectivity index (χ4v) is 2.22. The highest BCUT2D eigenvalue weighted by Crippen LogP contribution is 2.24. The van der Waals surface area contributed by atoms with E-state index in [4.69, 9.17) is 4.42 Å². The van der Waals surface area contributed by atoms with Crippen LogP contribution in [0.15, 0.2) is 40.8 Å². The second-order valence-corrected chi connectivity index (χ2v) is 5.73. The van der Waals surface area contributed by atoms with Crippen molar-refractivity contribution < 1.29 is 23.0 Å². The zero-order chi connectivity index (χ0) is 17.0. The number of aryl methyl sites for hydroxylation is 1. The van der Waals surface area contributed by atoms with Crippen LogP contribution in [0.1, 0.15) is 37.0 Å². The van der Waals surface area contributed by atoms with Crippen LogP contribution in [-0.2, 0) is 5.60 Å². The molecule has 0 spiro atoms. The molecule has 23 heavy (non-hydrogen) atoms. The van der Waals surface area contributed by atoms with Crippen LogP contribution in [0.2, 0.25) is 0 Å². The smallest absolute Gasteiger partial charge is 0.387 e. The number of benzene rings is 1. The topological polar surface area (TPSA) is 54.6 Å². The third kappa shape index (κ3) is 4.77. The van der Waals surface area contributed by atoms with Crippen molar-refractivity contribution in [2.24, 2.45) is 0 Å². The van der Waals surface area contributed by atoms with E-state index in [1.165, 1.54) is 12.1 Å². The number of alkyl halides is 2. The maximum Gasteiger partial charge on any atom is 0.387 e. The summed E-state index contributed by atoms with van der Waals surface area (Å²) >= 11 is 0. The van der Waals surface area contributed by atoms with Crippen LogP contribution >= 0.6 is 0 Å². The minimum absolute atomic E-state index is 0.0712. The third-order valence-corrected chi connectivity index (χ3v) is 3.63. The molecular formula is C17H21F2NO3. The molecule has 0 saturated carbocycles. The second kappa shape index (κ2) is 7.10. The molecular weight excluding hydrogens is 304 g/mol. The van der Waals surface area contributed by atoms with Gasteiger partial charge in [-0.15, -0.1) is 0 Å². The number of halogens is 2. The molecule has 126 valence electrons. The monoisotopic (exact) mass is 325 g/mol. The minimum Gasteiger partial charge on any atom is -0.463 e. The lowest BCUT2D eigenvalue weighted by atomic mass is 10.0. The highest BCUT2D eigenvalue weighted by molar-refractivity contribution is 5.29. The van der Waals surface area contributed by atoms with E-state index in [1.807, 2.05) is 13.8 Å². The lowest BCUT2D eigenvalue weighted by molar-refractivity contribution is -0.0498. The quantitative estimate of drug-likeness (QED) is 0.814. The summed E-state index contributed by atoms with van der Waals surface area (Å²) in [5.41, 5.74) is -0.237. The summed E-state index contributed by atoms with van der Waals surface area (Å²) in [6.45, 7) is 2.87. The van der Waals surface area contributed by atoms with Crippen LogP contribution in [0.3, 0.4) is 0 Å². The fourth-order valence-electron chi connectivity index (χ4n) is 2.22. The Morgan fingerprint density at radius 2 is 1.87 bits per heavy atom. The van der Waals surface area contributed by atoms with Gasteiger partial charge in [-0.05, 0) is 50.6 Å². The molecule has 1 aromatic carbocycles. The lowest BCUT2D eigenvalue weighted by Gasteiger charge is -2.24. The van der Waals surface area contributed by atoms with Gasteiger partial charge in [-0.1, -0.05) is 12.1 Å². The molecule has 2 atom stereocenters. The van der Waals surface area contributed by atoms with E-state index >= 15 is 0 Å². The molecule has 0 amide bonds. The number of ether oxygens (including phenoxy) is 1. The molecule has 0 aliphatic carbocycles. The van der Waals surface area contributed by atoms with E-state index in [0.717, 1.165) is 11.3 Å². The van der Waals surface area contributed by atoms with Gasteiger partial charge >= 0.3 is 6.61 Å². The Labute approximate surface area is 134 Å². The van der Waals surface area contributed by atoms with Crippen molar-refractivity contribution in [1.29, 1.82) is 0 Å². The number of hydrogen-bond donors (Lipinski definition) is 2. The molecule has 0 fully saturated rings. The van der Waals surface area contributed by atoms with Crippen LogP contribution in [0.25, 0.3) is 0 Å². The zero-order valence-electron chi connectivity index (χ0n) is 13.3. The van der Waals surface area contributed by atoms with Gasteiger partial charge in [0.05, 0.1) is 0 Å². The van der Waals surface area contributed by atoms with Crippen molar-refractivity contribution in [3.63, 3.8) is 0 Å². The van der Waals surface area contributed by atoms with E-state index in [2.05, 4.69) is 10.1 Å². The summed E-state index contributed by atoms with van der Waals surface area (Å²) in [6.07, 6.45) is 0. The Morgan fingerprint density at radius 3 is 2.39 bits per heavy atom. The average Bonchev–Trinajstić information content (AvgIpc) is 2.92. The summed E-state index contributed by atoms with van der Waals surface area (Å²) < 4.78 is 34.0. The molecule has 6 heteroatoms. The van der Waals surface area contributed by atoms with Gasteiger partial charge in [0.25, 0.3) is 0 Å². The first-order valence-electron chi connectivity index (χ1n) is 7.35.